The molecule has 0 aliphatic rings. The lowest BCUT2D eigenvalue weighted by molar-refractivity contribution is 0.414. The molecular weight excluding hydrogens is 250 g/mol. The Hall–Kier alpha value is -2.16. The first kappa shape index (κ1) is 14.3. The van der Waals surface area contributed by atoms with E-state index in [-0.39, 0.29) is 6.04 Å². The molecule has 0 aliphatic heterocycles. The molecule has 0 spiro atoms. The van der Waals surface area contributed by atoms with E-state index in [2.05, 4.69) is 24.4 Å². The fourth-order valence-electron chi connectivity index (χ4n) is 2.17. The summed E-state index contributed by atoms with van der Waals surface area (Å²) in [6.45, 7) is 2.17. The summed E-state index contributed by atoms with van der Waals surface area (Å²) in [5, 5.41) is 3.54. The van der Waals surface area contributed by atoms with Crippen LogP contribution >= 0.6 is 0 Å². The van der Waals surface area contributed by atoms with Crippen molar-refractivity contribution in [2.24, 2.45) is 0 Å². The van der Waals surface area contributed by atoms with E-state index < -0.39 is 0 Å². The average Bonchev–Trinajstić information content (AvgIpc) is 2.53. The van der Waals surface area contributed by atoms with E-state index in [4.69, 9.17) is 9.47 Å². The summed E-state index contributed by atoms with van der Waals surface area (Å²) < 4.78 is 10.5. The molecule has 0 fully saturated rings. The van der Waals surface area contributed by atoms with Crippen LogP contribution in [0.2, 0.25) is 0 Å². The second-order valence-electron chi connectivity index (χ2n) is 4.61. The van der Waals surface area contributed by atoms with Gasteiger partial charge < -0.3 is 14.8 Å². The minimum Gasteiger partial charge on any atom is -0.497 e. The van der Waals surface area contributed by atoms with E-state index >= 15 is 0 Å². The van der Waals surface area contributed by atoms with E-state index in [1.165, 1.54) is 5.56 Å². The first-order valence-corrected chi connectivity index (χ1v) is 6.81. The maximum atomic E-state index is 5.29. The first-order valence-electron chi connectivity index (χ1n) is 6.81. The zero-order valence-electron chi connectivity index (χ0n) is 12.2. The topological polar surface area (TPSA) is 30.5 Å². The largest absolute Gasteiger partial charge is 0.497 e. The molecule has 2 aromatic carbocycles. The average molecular weight is 271 g/mol. The SMILES string of the molecule is CCC(Nc1ccc(OC)cc1)c1cccc(OC)c1. The summed E-state index contributed by atoms with van der Waals surface area (Å²) in [5.41, 5.74) is 2.31. The predicted octanol–water partition coefficient (Wildman–Crippen LogP) is 4.27. The molecule has 0 saturated heterocycles. The van der Waals surface area contributed by atoms with Crippen molar-refractivity contribution in [3.05, 3.63) is 54.1 Å². The first-order chi connectivity index (χ1) is 9.76. The van der Waals surface area contributed by atoms with Crippen molar-refractivity contribution in [3.8, 4) is 11.5 Å². The van der Waals surface area contributed by atoms with Gasteiger partial charge in [0, 0.05) is 5.69 Å². The minimum absolute atomic E-state index is 0.262. The number of ether oxygens (including phenoxy) is 2. The summed E-state index contributed by atoms with van der Waals surface area (Å²) in [6.07, 6.45) is 0.999. The Morgan fingerprint density at radius 1 is 0.950 bits per heavy atom. The standard InChI is InChI=1S/C17H21NO2/c1-4-17(13-6-5-7-16(12-13)20-3)18-14-8-10-15(19-2)11-9-14/h5-12,17-18H,4H2,1-3H3. The number of benzene rings is 2. The van der Waals surface area contributed by atoms with Crippen LogP contribution in [0.25, 0.3) is 0 Å². The third-order valence-corrected chi connectivity index (χ3v) is 3.34. The molecule has 2 rings (SSSR count). The van der Waals surface area contributed by atoms with Gasteiger partial charge in [0.05, 0.1) is 20.3 Å². The molecule has 0 amide bonds. The second-order valence-corrected chi connectivity index (χ2v) is 4.61. The zero-order chi connectivity index (χ0) is 14.4. The molecular formula is C17H21NO2. The van der Waals surface area contributed by atoms with Gasteiger partial charge in [-0.2, -0.15) is 0 Å². The highest BCUT2D eigenvalue weighted by Gasteiger charge is 2.10. The normalized spacial score (nSPS) is 11.8. The van der Waals surface area contributed by atoms with Gasteiger partial charge in [-0.3, -0.25) is 0 Å². The molecule has 0 bridgehead atoms. The fraction of sp³-hybridized carbons (Fsp3) is 0.294. The number of hydrogen-bond donors (Lipinski definition) is 1. The van der Waals surface area contributed by atoms with E-state index in [0.29, 0.717) is 0 Å². The number of anilines is 1. The van der Waals surface area contributed by atoms with E-state index in [1.54, 1.807) is 14.2 Å². The lowest BCUT2D eigenvalue weighted by Gasteiger charge is -2.19. The van der Waals surface area contributed by atoms with Crippen LogP contribution < -0.4 is 14.8 Å². The minimum atomic E-state index is 0.262. The highest BCUT2D eigenvalue weighted by atomic mass is 16.5. The Kier molecular flexibility index (Phi) is 4.88. The van der Waals surface area contributed by atoms with Crippen LogP contribution in [-0.4, -0.2) is 14.2 Å². The Labute approximate surface area is 120 Å². The molecule has 2 aromatic rings. The van der Waals surface area contributed by atoms with E-state index in [1.807, 2.05) is 36.4 Å². The molecule has 0 saturated carbocycles. The molecule has 3 nitrogen and oxygen atoms in total. The van der Waals surface area contributed by atoms with Crippen molar-refractivity contribution in [1.82, 2.24) is 0 Å². The summed E-state index contributed by atoms with van der Waals surface area (Å²) in [7, 11) is 3.37. The molecule has 0 aromatic heterocycles. The van der Waals surface area contributed by atoms with Crippen LogP contribution in [0.5, 0.6) is 11.5 Å². The molecule has 3 heteroatoms. The van der Waals surface area contributed by atoms with Crippen LogP contribution in [-0.2, 0) is 0 Å². The van der Waals surface area contributed by atoms with Crippen molar-refractivity contribution in [2.75, 3.05) is 19.5 Å². The van der Waals surface area contributed by atoms with Gasteiger partial charge in [0.25, 0.3) is 0 Å². The molecule has 0 radical (unpaired) electrons. The van der Waals surface area contributed by atoms with Gasteiger partial charge >= 0.3 is 0 Å². The van der Waals surface area contributed by atoms with Crippen molar-refractivity contribution >= 4 is 5.69 Å². The fourth-order valence-corrected chi connectivity index (χ4v) is 2.17. The summed E-state index contributed by atoms with van der Waals surface area (Å²) in [6, 6.07) is 16.4. The predicted molar refractivity (Wildman–Crippen MR) is 82.6 cm³/mol. The summed E-state index contributed by atoms with van der Waals surface area (Å²) in [5.74, 6) is 1.75. The molecule has 20 heavy (non-hydrogen) atoms. The van der Waals surface area contributed by atoms with Gasteiger partial charge in [0.15, 0.2) is 0 Å². The maximum absolute atomic E-state index is 5.29. The molecule has 0 heterocycles. The van der Waals surface area contributed by atoms with Gasteiger partial charge in [0.1, 0.15) is 11.5 Å². The van der Waals surface area contributed by atoms with Gasteiger partial charge in [-0.05, 0) is 48.4 Å². The van der Waals surface area contributed by atoms with E-state index in [9.17, 15) is 0 Å². The van der Waals surface area contributed by atoms with Gasteiger partial charge in [-0.15, -0.1) is 0 Å². The van der Waals surface area contributed by atoms with Crippen molar-refractivity contribution in [1.29, 1.82) is 0 Å². The van der Waals surface area contributed by atoms with Gasteiger partial charge in [-0.25, -0.2) is 0 Å². The lowest BCUT2D eigenvalue weighted by atomic mass is 10.0. The quantitative estimate of drug-likeness (QED) is 0.851. The van der Waals surface area contributed by atoms with Gasteiger partial charge in [0.2, 0.25) is 0 Å². The molecule has 1 atom stereocenters. The lowest BCUT2D eigenvalue weighted by Crippen LogP contribution is -2.09. The summed E-state index contributed by atoms with van der Waals surface area (Å²) in [4.78, 5) is 0. The smallest absolute Gasteiger partial charge is 0.119 e. The van der Waals surface area contributed by atoms with Crippen LogP contribution in [0.15, 0.2) is 48.5 Å². The van der Waals surface area contributed by atoms with Crippen LogP contribution in [0.1, 0.15) is 24.9 Å². The van der Waals surface area contributed by atoms with Crippen molar-refractivity contribution in [3.63, 3.8) is 0 Å². The zero-order valence-corrected chi connectivity index (χ0v) is 12.2. The van der Waals surface area contributed by atoms with Crippen LogP contribution in [0, 0.1) is 0 Å². The molecule has 1 unspecified atom stereocenters. The van der Waals surface area contributed by atoms with Crippen LogP contribution in [0.3, 0.4) is 0 Å². The molecule has 0 aliphatic carbocycles. The Bertz CT molecular complexity index is 537. The molecule has 1 N–H and O–H groups in total. The molecule has 106 valence electrons. The van der Waals surface area contributed by atoms with Crippen LogP contribution in [0.4, 0.5) is 5.69 Å². The Morgan fingerprint density at radius 2 is 1.65 bits per heavy atom. The van der Waals surface area contributed by atoms with Crippen molar-refractivity contribution < 1.29 is 9.47 Å². The third kappa shape index (κ3) is 3.44. The third-order valence-electron chi connectivity index (χ3n) is 3.34. The second kappa shape index (κ2) is 6.85. The number of nitrogens with one attached hydrogen (secondary N) is 1. The highest BCUT2D eigenvalue weighted by molar-refractivity contribution is 5.48. The monoisotopic (exact) mass is 271 g/mol. The summed E-state index contributed by atoms with van der Waals surface area (Å²) >= 11 is 0. The van der Waals surface area contributed by atoms with E-state index in [0.717, 1.165) is 23.6 Å². The maximum Gasteiger partial charge on any atom is 0.119 e. The van der Waals surface area contributed by atoms with Crippen molar-refractivity contribution in [2.45, 2.75) is 19.4 Å². The van der Waals surface area contributed by atoms with Gasteiger partial charge in [-0.1, -0.05) is 19.1 Å². The Morgan fingerprint density at radius 3 is 2.25 bits per heavy atom. The number of methoxy groups -OCH3 is 2. The number of rotatable bonds is 6. The number of hydrogen-bond acceptors (Lipinski definition) is 3. The highest BCUT2D eigenvalue weighted by Crippen LogP contribution is 2.26. The Balaban J connectivity index is 2.14.